The highest BCUT2D eigenvalue weighted by Gasteiger charge is 2.05. The van der Waals surface area contributed by atoms with Gasteiger partial charge in [-0.05, 0) is 11.4 Å². The van der Waals surface area contributed by atoms with Crippen LogP contribution in [0.2, 0.25) is 5.15 Å². The van der Waals surface area contributed by atoms with Crippen molar-refractivity contribution >= 4 is 33.2 Å². The van der Waals surface area contributed by atoms with Crippen LogP contribution in [0.4, 0.5) is 0 Å². The largest absolute Gasteiger partial charge is 0.388 e. The normalized spacial score (nSPS) is 10.8. The second-order valence-corrected chi connectivity index (χ2v) is 3.48. The summed E-state index contributed by atoms with van der Waals surface area (Å²) in [5.41, 5.74) is 0. The number of hydrogen-bond acceptors (Lipinski definition) is 4. The van der Waals surface area contributed by atoms with Gasteiger partial charge in [-0.2, -0.15) is 0 Å². The summed E-state index contributed by atoms with van der Waals surface area (Å²) >= 11 is 7.31. The summed E-state index contributed by atoms with van der Waals surface area (Å²) in [7, 11) is 0. The van der Waals surface area contributed by atoms with Gasteiger partial charge in [-0.1, -0.05) is 11.6 Å². The van der Waals surface area contributed by atoms with Crippen molar-refractivity contribution in [3.8, 4) is 0 Å². The molecule has 0 bridgehead atoms. The van der Waals surface area contributed by atoms with Crippen molar-refractivity contribution in [1.82, 2.24) is 9.97 Å². The number of aliphatic hydroxyl groups is 1. The maximum atomic E-state index is 8.78. The Morgan fingerprint density at radius 3 is 3.08 bits per heavy atom. The highest BCUT2D eigenvalue weighted by molar-refractivity contribution is 7.16. The number of aliphatic hydroxyl groups excluding tert-OH is 1. The summed E-state index contributed by atoms with van der Waals surface area (Å²) in [5, 5.41) is 11.9. The molecule has 3 nitrogen and oxygen atoms in total. The van der Waals surface area contributed by atoms with Gasteiger partial charge in [-0.3, -0.25) is 0 Å². The maximum absolute atomic E-state index is 8.78. The van der Waals surface area contributed by atoms with Crippen LogP contribution in [0.3, 0.4) is 0 Å². The Kier molecular flexibility index (Phi) is 1.96. The molecule has 0 aromatic carbocycles. The molecule has 0 saturated carbocycles. The van der Waals surface area contributed by atoms with Gasteiger partial charge < -0.3 is 5.11 Å². The van der Waals surface area contributed by atoms with Gasteiger partial charge in [0.15, 0.2) is 5.82 Å². The van der Waals surface area contributed by atoms with Crippen LogP contribution in [-0.4, -0.2) is 15.1 Å². The smallest absolute Gasteiger partial charge is 0.157 e. The lowest BCUT2D eigenvalue weighted by atomic mass is 10.4. The van der Waals surface area contributed by atoms with Gasteiger partial charge in [0.2, 0.25) is 0 Å². The molecule has 0 spiro atoms. The van der Waals surface area contributed by atoms with Crippen molar-refractivity contribution in [2.75, 3.05) is 0 Å². The number of thiophene rings is 1. The van der Waals surface area contributed by atoms with E-state index in [1.165, 1.54) is 11.3 Å². The lowest BCUT2D eigenvalue weighted by Gasteiger charge is -1.96. The lowest BCUT2D eigenvalue weighted by Crippen LogP contribution is -1.93. The Balaban J connectivity index is 2.75. The fourth-order valence-electron chi connectivity index (χ4n) is 0.931. The van der Waals surface area contributed by atoms with E-state index in [4.69, 9.17) is 16.7 Å². The molecule has 2 aromatic heterocycles. The zero-order chi connectivity index (χ0) is 8.55. The second kappa shape index (κ2) is 2.97. The van der Waals surface area contributed by atoms with Crippen LogP contribution in [0.25, 0.3) is 10.2 Å². The molecule has 5 heteroatoms. The number of nitrogens with zero attached hydrogens (tertiary/aromatic N) is 2. The van der Waals surface area contributed by atoms with Crippen LogP contribution < -0.4 is 0 Å². The summed E-state index contributed by atoms with van der Waals surface area (Å²) in [4.78, 5) is 8.81. The van der Waals surface area contributed by atoms with E-state index < -0.39 is 0 Å². The van der Waals surface area contributed by atoms with Crippen molar-refractivity contribution in [1.29, 1.82) is 0 Å². The molecule has 62 valence electrons. The van der Waals surface area contributed by atoms with Crippen LogP contribution >= 0.6 is 22.9 Å². The van der Waals surface area contributed by atoms with Crippen LogP contribution in [0.15, 0.2) is 11.4 Å². The van der Waals surface area contributed by atoms with E-state index >= 15 is 0 Å². The molecule has 1 N–H and O–H groups in total. The molecule has 0 saturated heterocycles. The molecule has 0 radical (unpaired) electrons. The van der Waals surface area contributed by atoms with Gasteiger partial charge in [0.25, 0.3) is 0 Å². The molecular formula is C7H5ClN2OS. The quantitative estimate of drug-likeness (QED) is 0.715. The van der Waals surface area contributed by atoms with Gasteiger partial charge in [0.05, 0.1) is 0 Å². The predicted octanol–water partition coefficient (Wildman–Crippen LogP) is 1.84. The van der Waals surface area contributed by atoms with E-state index in [0.29, 0.717) is 11.0 Å². The molecular weight excluding hydrogens is 196 g/mol. The minimum Gasteiger partial charge on any atom is -0.388 e. The topological polar surface area (TPSA) is 46.0 Å². The summed E-state index contributed by atoms with van der Waals surface area (Å²) in [6, 6.07) is 1.86. The molecule has 0 aliphatic rings. The third-order valence-electron chi connectivity index (χ3n) is 1.47. The van der Waals surface area contributed by atoms with Crippen LogP contribution in [-0.2, 0) is 6.61 Å². The Bertz CT molecular complexity index is 415. The fourth-order valence-corrected chi connectivity index (χ4v) is 2.02. The van der Waals surface area contributed by atoms with Crippen LogP contribution in [0, 0.1) is 0 Å². The first-order chi connectivity index (χ1) is 5.81. The van der Waals surface area contributed by atoms with Crippen molar-refractivity contribution in [3.05, 3.63) is 22.4 Å². The Morgan fingerprint density at radius 2 is 2.33 bits per heavy atom. The molecule has 0 unspecified atom stereocenters. The van der Waals surface area contributed by atoms with Crippen molar-refractivity contribution in [3.63, 3.8) is 0 Å². The van der Waals surface area contributed by atoms with Crippen molar-refractivity contribution in [2.24, 2.45) is 0 Å². The fraction of sp³-hybridized carbons (Fsp3) is 0.143. The summed E-state index contributed by atoms with van der Waals surface area (Å²) < 4.78 is 0. The molecule has 2 rings (SSSR count). The number of hydrogen-bond donors (Lipinski definition) is 1. The highest BCUT2D eigenvalue weighted by atomic mass is 35.5. The predicted molar refractivity (Wildman–Crippen MR) is 48.3 cm³/mol. The number of halogens is 1. The molecule has 2 heterocycles. The van der Waals surface area contributed by atoms with E-state index in [9.17, 15) is 0 Å². The summed E-state index contributed by atoms with van der Waals surface area (Å²) in [5.74, 6) is 0.370. The van der Waals surface area contributed by atoms with E-state index in [0.717, 1.165) is 10.2 Å². The maximum Gasteiger partial charge on any atom is 0.157 e. The van der Waals surface area contributed by atoms with Gasteiger partial charge in [0.1, 0.15) is 16.6 Å². The third-order valence-corrected chi connectivity index (χ3v) is 2.56. The Morgan fingerprint density at radius 1 is 1.50 bits per heavy atom. The first kappa shape index (κ1) is 7.91. The first-order valence-electron chi connectivity index (χ1n) is 3.32. The van der Waals surface area contributed by atoms with Gasteiger partial charge in [-0.15, -0.1) is 11.3 Å². The lowest BCUT2D eigenvalue weighted by molar-refractivity contribution is 0.272. The van der Waals surface area contributed by atoms with Crippen molar-refractivity contribution in [2.45, 2.75) is 6.61 Å². The van der Waals surface area contributed by atoms with E-state index in [1.807, 2.05) is 11.4 Å². The average molecular weight is 201 g/mol. The molecule has 12 heavy (non-hydrogen) atoms. The summed E-state index contributed by atoms with van der Waals surface area (Å²) in [6.45, 7) is -0.173. The number of rotatable bonds is 1. The van der Waals surface area contributed by atoms with E-state index in [2.05, 4.69) is 9.97 Å². The van der Waals surface area contributed by atoms with Gasteiger partial charge in [-0.25, -0.2) is 9.97 Å². The van der Waals surface area contributed by atoms with Gasteiger partial charge >= 0.3 is 0 Å². The minimum absolute atomic E-state index is 0.173. The highest BCUT2D eigenvalue weighted by Crippen LogP contribution is 2.24. The molecule has 0 atom stereocenters. The van der Waals surface area contributed by atoms with E-state index in [1.54, 1.807) is 0 Å². The number of fused-ring (bicyclic) bond motifs is 1. The monoisotopic (exact) mass is 200 g/mol. The van der Waals surface area contributed by atoms with Crippen LogP contribution in [0.5, 0.6) is 0 Å². The third kappa shape index (κ3) is 1.18. The molecule has 0 aliphatic heterocycles. The molecule has 2 aromatic rings. The van der Waals surface area contributed by atoms with E-state index in [-0.39, 0.29) is 6.61 Å². The Hall–Kier alpha value is -0.710. The van der Waals surface area contributed by atoms with Crippen molar-refractivity contribution < 1.29 is 5.11 Å². The minimum atomic E-state index is -0.173. The molecule has 0 aliphatic carbocycles. The Labute approximate surface area is 77.7 Å². The van der Waals surface area contributed by atoms with Gasteiger partial charge in [0, 0.05) is 5.39 Å². The number of aromatic nitrogens is 2. The standard InChI is InChI=1S/C7H5ClN2OS/c8-6-4-1-2-12-7(4)10-5(3-11)9-6/h1-2,11H,3H2. The SMILES string of the molecule is OCc1nc(Cl)c2ccsc2n1. The molecule has 0 amide bonds. The zero-order valence-electron chi connectivity index (χ0n) is 5.99. The first-order valence-corrected chi connectivity index (χ1v) is 4.57. The molecule has 0 fully saturated rings. The second-order valence-electron chi connectivity index (χ2n) is 2.23. The average Bonchev–Trinajstić information content (AvgIpc) is 2.52. The summed E-state index contributed by atoms with van der Waals surface area (Å²) in [6.07, 6.45) is 0. The van der Waals surface area contributed by atoms with Crippen LogP contribution in [0.1, 0.15) is 5.82 Å². The zero-order valence-corrected chi connectivity index (χ0v) is 7.56.